The number of likely N-dealkylation sites (tertiary alicyclic amines) is 1. The standard InChI is InChI=1S/C20H28N2O2/c1-20(2,24)12-11-16-8-7-9-17(14-16)19(23)22(4)15-18-10-5-6-13-21(18)3/h7-9,14,18,24H,5-6,10,13,15H2,1-4H3. The molecule has 4 heteroatoms. The Kier molecular flexibility index (Phi) is 6.04. The zero-order valence-electron chi connectivity index (χ0n) is 15.2. The third-order valence-electron chi connectivity index (χ3n) is 4.38. The molecule has 0 aliphatic carbocycles. The van der Waals surface area contributed by atoms with Crippen LogP contribution in [-0.2, 0) is 0 Å². The summed E-state index contributed by atoms with van der Waals surface area (Å²) >= 11 is 0. The van der Waals surface area contributed by atoms with E-state index in [1.54, 1.807) is 24.8 Å². The number of carbonyl (C=O) groups excluding carboxylic acids is 1. The van der Waals surface area contributed by atoms with E-state index in [4.69, 9.17) is 0 Å². The fraction of sp³-hybridized carbons (Fsp3) is 0.550. The van der Waals surface area contributed by atoms with Gasteiger partial charge in [-0.1, -0.05) is 24.3 Å². The van der Waals surface area contributed by atoms with Crippen LogP contribution < -0.4 is 0 Å². The van der Waals surface area contributed by atoms with Gasteiger partial charge in [0.1, 0.15) is 5.60 Å². The van der Waals surface area contributed by atoms with Gasteiger partial charge in [-0.2, -0.15) is 0 Å². The van der Waals surface area contributed by atoms with Crippen molar-refractivity contribution in [2.24, 2.45) is 0 Å². The van der Waals surface area contributed by atoms with Gasteiger partial charge < -0.3 is 14.9 Å². The molecule has 1 fully saturated rings. The van der Waals surface area contributed by atoms with Crippen molar-refractivity contribution in [2.75, 3.05) is 27.2 Å². The zero-order valence-corrected chi connectivity index (χ0v) is 15.2. The first-order valence-corrected chi connectivity index (χ1v) is 8.57. The average molecular weight is 328 g/mol. The fourth-order valence-electron chi connectivity index (χ4n) is 2.95. The van der Waals surface area contributed by atoms with E-state index in [0.29, 0.717) is 11.6 Å². The molecule has 1 aliphatic rings. The quantitative estimate of drug-likeness (QED) is 0.867. The van der Waals surface area contributed by atoms with Crippen LogP contribution in [-0.4, -0.2) is 59.6 Å². The number of benzene rings is 1. The lowest BCUT2D eigenvalue weighted by Gasteiger charge is -2.35. The maximum atomic E-state index is 12.7. The first-order chi connectivity index (χ1) is 11.3. The lowest BCUT2D eigenvalue weighted by Crippen LogP contribution is -2.45. The SMILES string of the molecule is CN(CC1CCCCN1C)C(=O)c1cccc(C#CC(C)(C)O)c1. The monoisotopic (exact) mass is 328 g/mol. The van der Waals surface area contributed by atoms with Gasteiger partial charge in [-0.15, -0.1) is 0 Å². The van der Waals surface area contributed by atoms with Gasteiger partial charge in [0.05, 0.1) is 0 Å². The van der Waals surface area contributed by atoms with E-state index in [0.717, 1.165) is 25.1 Å². The molecule has 1 amide bonds. The van der Waals surface area contributed by atoms with Gasteiger partial charge in [0.25, 0.3) is 5.91 Å². The van der Waals surface area contributed by atoms with Crippen LogP contribution in [0.4, 0.5) is 0 Å². The summed E-state index contributed by atoms with van der Waals surface area (Å²) in [6.07, 6.45) is 3.62. The number of amides is 1. The second kappa shape index (κ2) is 7.83. The molecule has 24 heavy (non-hydrogen) atoms. The van der Waals surface area contributed by atoms with Gasteiger partial charge in [-0.3, -0.25) is 4.79 Å². The summed E-state index contributed by atoms with van der Waals surface area (Å²) in [7, 11) is 3.99. The van der Waals surface area contributed by atoms with Crippen LogP contribution in [0.1, 0.15) is 49.0 Å². The number of rotatable bonds is 3. The minimum absolute atomic E-state index is 0.0147. The lowest BCUT2D eigenvalue weighted by atomic mass is 10.0. The van der Waals surface area contributed by atoms with Crippen molar-refractivity contribution in [1.29, 1.82) is 0 Å². The van der Waals surface area contributed by atoms with Crippen molar-refractivity contribution in [2.45, 2.75) is 44.8 Å². The fourth-order valence-corrected chi connectivity index (χ4v) is 2.95. The molecule has 1 unspecified atom stereocenters. The molecule has 1 aromatic carbocycles. The Morgan fingerprint density at radius 3 is 2.83 bits per heavy atom. The predicted octanol–water partition coefficient (Wildman–Crippen LogP) is 2.37. The van der Waals surface area contributed by atoms with Crippen LogP contribution in [0.25, 0.3) is 0 Å². The Balaban J connectivity index is 2.07. The van der Waals surface area contributed by atoms with Crippen molar-refractivity contribution >= 4 is 5.91 Å². The summed E-state index contributed by atoms with van der Waals surface area (Å²) in [5.74, 6) is 5.72. The van der Waals surface area contributed by atoms with Crippen LogP contribution in [0.3, 0.4) is 0 Å². The molecule has 1 heterocycles. The Morgan fingerprint density at radius 1 is 1.42 bits per heavy atom. The normalized spacial score (nSPS) is 18.6. The molecular weight excluding hydrogens is 300 g/mol. The van der Waals surface area contributed by atoms with E-state index in [-0.39, 0.29) is 5.91 Å². The van der Waals surface area contributed by atoms with Gasteiger partial charge in [-0.05, 0) is 58.5 Å². The van der Waals surface area contributed by atoms with Crippen LogP contribution in [0.5, 0.6) is 0 Å². The maximum Gasteiger partial charge on any atom is 0.253 e. The highest BCUT2D eigenvalue weighted by Gasteiger charge is 2.22. The average Bonchev–Trinajstić information content (AvgIpc) is 2.54. The summed E-state index contributed by atoms with van der Waals surface area (Å²) in [6, 6.07) is 7.74. The summed E-state index contributed by atoms with van der Waals surface area (Å²) in [6.45, 7) is 5.14. The third kappa shape index (κ3) is 5.36. The third-order valence-corrected chi connectivity index (χ3v) is 4.38. The van der Waals surface area contributed by atoms with Crippen molar-refractivity contribution in [3.8, 4) is 11.8 Å². The smallest absolute Gasteiger partial charge is 0.253 e. The molecule has 0 saturated carbocycles. The van der Waals surface area contributed by atoms with Crippen LogP contribution >= 0.6 is 0 Å². The topological polar surface area (TPSA) is 43.8 Å². The highest BCUT2D eigenvalue weighted by molar-refractivity contribution is 5.94. The second-order valence-corrected chi connectivity index (χ2v) is 7.21. The number of likely N-dealkylation sites (N-methyl/N-ethyl adjacent to an activating group) is 2. The minimum atomic E-state index is -1.04. The van der Waals surface area contributed by atoms with E-state index >= 15 is 0 Å². The number of aliphatic hydroxyl groups is 1. The van der Waals surface area contributed by atoms with Gasteiger partial charge >= 0.3 is 0 Å². The molecule has 1 saturated heterocycles. The molecule has 1 aliphatic heterocycles. The Labute approximate surface area is 145 Å². The Hall–Kier alpha value is -1.83. The van der Waals surface area contributed by atoms with E-state index < -0.39 is 5.60 Å². The molecule has 1 aromatic rings. The summed E-state index contributed by atoms with van der Waals surface area (Å²) in [5.41, 5.74) is 0.340. The molecule has 4 nitrogen and oxygen atoms in total. The summed E-state index contributed by atoms with van der Waals surface area (Å²) < 4.78 is 0. The molecule has 1 N–H and O–H groups in total. The molecular formula is C20H28N2O2. The van der Waals surface area contributed by atoms with Crippen LogP contribution in [0.2, 0.25) is 0 Å². The van der Waals surface area contributed by atoms with E-state index in [2.05, 4.69) is 23.8 Å². The molecule has 0 bridgehead atoms. The van der Waals surface area contributed by atoms with Crippen molar-refractivity contribution in [3.63, 3.8) is 0 Å². The maximum absolute atomic E-state index is 12.7. The molecule has 130 valence electrons. The first-order valence-electron chi connectivity index (χ1n) is 8.57. The summed E-state index contributed by atoms with van der Waals surface area (Å²) in [5, 5.41) is 9.70. The number of piperidine rings is 1. The van der Waals surface area contributed by atoms with Gasteiger partial charge in [0, 0.05) is 30.8 Å². The van der Waals surface area contributed by atoms with Gasteiger partial charge in [-0.25, -0.2) is 0 Å². The molecule has 0 aromatic heterocycles. The molecule has 1 atom stereocenters. The molecule has 0 spiro atoms. The molecule has 0 radical (unpaired) electrons. The number of carbonyl (C=O) groups is 1. The predicted molar refractivity (Wildman–Crippen MR) is 96.8 cm³/mol. The van der Waals surface area contributed by atoms with Crippen molar-refractivity contribution in [1.82, 2.24) is 9.80 Å². The summed E-state index contributed by atoms with van der Waals surface area (Å²) in [4.78, 5) is 16.8. The van der Waals surface area contributed by atoms with Crippen LogP contribution in [0.15, 0.2) is 24.3 Å². The van der Waals surface area contributed by atoms with Gasteiger partial charge in [0.15, 0.2) is 0 Å². The minimum Gasteiger partial charge on any atom is -0.378 e. The van der Waals surface area contributed by atoms with Gasteiger partial charge in [0.2, 0.25) is 0 Å². The van der Waals surface area contributed by atoms with Crippen molar-refractivity contribution < 1.29 is 9.90 Å². The second-order valence-electron chi connectivity index (χ2n) is 7.21. The lowest BCUT2D eigenvalue weighted by molar-refractivity contribution is 0.0717. The highest BCUT2D eigenvalue weighted by atomic mass is 16.3. The number of hydrogen-bond donors (Lipinski definition) is 1. The molecule has 2 rings (SSSR count). The van der Waals surface area contributed by atoms with E-state index in [9.17, 15) is 9.90 Å². The van der Waals surface area contributed by atoms with Crippen molar-refractivity contribution in [3.05, 3.63) is 35.4 Å². The Bertz CT molecular complexity index is 637. The zero-order chi connectivity index (χ0) is 17.7. The largest absolute Gasteiger partial charge is 0.378 e. The van der Waals surface area contributed by atoms with Crippen LogP contribution in [0, 0.1) is 11.8 Å². The van der Waals surface area contributed by atoms with E-state index in [1.165, 1.54) is 12.8 Å². The first kappa shape index (κ1) is 18.5. The number of nitrogens with zero attached hydrogens (tertiary/aromatic N) is 2. The van der Waals surface area contributed by atoms with E-state index in [1.807, 2.05) is 25.2 Å². The highest BCUT2D eigenvalue weighted by Crippen LogP contribution is 2.17. The number of hydrogen-bond acceptors (Lipinski definition) is 3. The Morgan fingerprint density at radius 2 is 2.17 bits per heavy atom.